The van der Waals surface area contributed by atoms with Crippen LogP contribution in [0.15, 0.2) is 76.9 Å². The summed E-state index contributed by atoms with van der Waals surface area (Å²) >= 11 is 0. The highest BCUT2D eigenvalue weighted by molar-refractivity contribution is 6.46. The lowest BCUT2D eigenvalue weighted by Crippen LogP contribution is -2.29. The van der Waals surface area contributed by atoms with Crippen molar-refractivity contribution in [2.75, 3.05) is 6.61 Å². The number of aliphatic hydroxyl groups is 1. The van der Waals surface area contributed by atoms with Gasteiger partial charge in [-0.3, -0.25) is 19.7 Å². The van der Waals surface area contributed by atoms with Crippen LogP contribution in [0.3, 0.4) is 0 Å². The van der Waals surface area contributed by atoms with E-state index >= 15 is 0 Å². The van der Waals surface area contributed by atoms with E-state index in [-0.39, 0.29) is 23.6 Å². The number of furan rings is 1. The molecule has 1 amide bonds. The minimum absolute atomic E-state index is 0.0177. The van der Waals surface area contributed by atoms with Crippen molar-refractivity contribution in [3.63, 3.8) is 0 Å². The van der Waals surface area contributed by atoms with Crippen molar-refractivity contribution in [1.82, 2.24) is 4.90 Å². The number of ketones is 1. The van der Waals surface area contributed by atoms with Gasteiger partial charge in [0.1, 0.15) is 17.3 Å². The summed E-state index contributed by atoms with van der Waals surface area (Å²) in [5.41, 5.74) is 0.523. The molecule has 1 N–H and O–H groups in total. The normalized spacial score (nSPS) is 17.1. The lowest BCUT2D eigenvalue weighted by Gasteiger charge is -2.24. The molecule has 1 aliphatic rings. The molecular weight excluding hydrogens is 452 g/mol. The topological polar surface area (TPSA) is 123 Å². The van der Waals surface area contributed by atoms with Crippen LogP contribution in [0.1, 0.15) is 42.7 Å². The highest BCUT2D eigenvalue weighted by Crippen LogP contribution is 2.41. The van der Waals surface area contributed by atoms with Crippen LogP contribution in [0.25, 0.3) is 5.76 Å². The molecule has 2 aromatic carbocycles. The molecule has 1 unspecified atom stereocenters. The Morgan fingerprint density at radius 3 is 2.57 bits per heavy atom. The van der Waals surface area contributed by atoms with Crippen LogP contribution in [0, 0.1) is 10.1 Å². The maximum absolute atomic E-state index is 13.1. The van der Waals surface area contributed by atoms with E-state index in [0.29, 0.717) is 29.2 Å². The number of likely N-dealkylation sites (tertiary alicyclic amines) is 1. The number of nitro benzene ring substituents is 1. The Bertz CT molecular complexity index is 1260. The number of hydrogen-bond acceptors (Lipinski definition) is 7. The van der Waals surface area contributed by atoms with Gasteiger partial charge in [-0.2, -0.15) is 0 Å². The van der Waals surface area contributed by atoms with E-state index in [0.717, 1.165) is 12.8 Å². The molecule has 3 aromatic rings. The zero-order chi connectivity index (χ0) is 24.9. The summed E-state index contributed by atoms with van der Waals surface area (Å²) in [5, 5.41) is 22.3. The van der Waals surface area contributed by atoms with Crippen molar-refractivity contribution in [1.29, 1.82) is 0 Å². The largest absolute Gasteiger partial charge is 0.507 e. The average molecular weight is 476 g/mol. The molecule has 4 rings (SSSR count). The molecular formula is C26H24N2O7. The standard InChI is InChI=1S/C26H24N2O7/c1-2-3-13-34-20-7-4-6-18(15-20)24(29)22-23(17-9-11-19(12-10-17)28(32)33)27(26(31)25(22)30)16-21-8-5-14-35-21/h4-12,14-15,23,29H,2-3,13,16H2,1H3/b24-22+. The zero-order valence-corrected chi connectivity index (χ0v) is 19.0. The number of carbonyl (C=O) groups is 2. The number of unbranched alkanes of at least 4 members (excludes halogenated alkanes) is 1. The Hall–Kier alpha value is -4.40. The SMILES string of the molecule is CCCCOc1cccc(/C(O)=C2\C(=O)C(=O)N(Cc3ccco3)C2c2ccc([N+](=O)[O-])cc2)c1. The lowest BCUT2D eigenvalue weighted by atomic mass is 9.95. The van der Waals surface area contributed by atoms with Gasteiger partial charge in [0, 0.05) is 17.7 Å². The van der Waals surface area contributed by atoms with Gasteiger partial charge in [0.05, 0.1) is 36.0 Å². The molecule has 2 heterocycles. The molecule has 0 aliphatic carbocycles. The Kier molecular flexibility index (Phi) is 6.96. The molecule has 35 heavy (non-hydrogen) atoms. The highest BCUT2D eigenvalue weighted by Gasteiger charge is 2.46. The maximum Gasteiger partial charge on any atom is 0.296 e. The van der Waals surface area contributed by atoms with E-state index in [4.69, 9.17) is 9.15 Å². The van der Waals surface area contributed by atoms with Crippen molar-refractivity contribution in [3.05, 3.63) is 99.5 Å². The number of rotatable bonds is 9. The Morgan fingerprint density at radius 2 is 1.91 bits per heavy atom. The molecule has 0 spiro atoms. The molecule has 9 heteroatoms. The number of nitrogens with zero attached hydrogens (tertiary/aromatic N) is 2. The van der Waals surface area contributed by atoms with Gasteiger partial charge >= 0.3 is 0 Å². The number of aliphatic hydroxyl groups excluding tert-OH is 1. The van der Waals surface area contributed by atoms with Gasteiger partial charge < -0.3 is 19.2 Å². The van der Waals surface area contributed by atoms with Crippen molar-refractivity contribution in [2.45, 2.75) is 32.4 Å². The number of non-ortho nitro benzene ring substituents is 1. The van der Waals surface area contributed by atoms with Gasteiger partial charge in [-0.15, -0.1) is 0 Å². The van der Waals surface area contributed by atoms with Crippen molar-refractivity contribution < 1.29 is 28.8 Å². The third-order valence-electron chi connectivity index (χ3n) is 5.74. The molecule has 1 aromatic heterocycles. The van der Waals surface area contributed by atoms with Crippen LogP contribution in [-0.2, 0) is 16.1 Å². The predicted octanol–water partition coefficient (Wildman–Crippen LogP) is 4.99. The summed E-state index contributed by atoms with van der Waals surface area (Å²) < 4.78 is 11.1. The van der Waals surface area contributed by atoms with Gasteiger partial charge in [-0.25, -0.2) is 0 Å². The molecule has 1 atom stereocenters. The van der Waals surface area contributed by atoms with Crippen LogP contribution in [0.4, 0.5) is 5.69 Å². The fraction of sp³-hybridized carbons (Fsp3) is 0.231. The van der Waals surface area contributed by atoms with Crippen molar-refractivity contribution >= 4 is 23.1 Å². The second-order valence-electron chi connectivity index (χ2n) is 8.08. The summed E-state index contributed by atoms with van der Waals surface area (Å²) in [6.07, 6.45) is 3.29. The van der Waals surface area contributed by atoms with Gasteiger partial charge in [0.2, 0.25) is 0 Å². The molecule has 9 nitrogen and oxygen atoms in total. The smallest absolute Gasteiger partial charge is 0.296 e. The molecule has 0 saturated carbocycles. The Balaban J connectivity index is 1.79. The number of carbonyl (C=O) groups excluding carboxylic acids is 2. The second kappa shape index (κ2) is 10.3. The van der Waals surface area contributed by atoms with E-state index < -0.39 is 22.7 Å². The Morgan fingerprint density at radius 1 is 1.14 bits per heavy atom. The van der Waals surface area contributed by atoms with E-state index in [1.54, 1.807) is 36.4 Å². The number of amides is 1. The van der Waals surface area contributed by atoms with Gasteiger partial charge in [0.15, 0.2) is 0 Å². The van der Waals surface area contributed by atoms with Crippen LogP contribution in [0.5, 0.6) is 5.75 Å². The first-order chi connectivity index (χ1) is 16.9. The summed E-state index contributed by atoms with van der Waals surface area (Å²) in [4.78, 5) is 38.0. The molecule has 0 radical (unpaired) electrons. The zero-order valence-electron chi connectivity index (χ0n) is 19.0. The summed E-state index contributed by atoms with van der Waals surface area (Å²) in [7, 11) is 0. The number of Topliss-reactive ketones (excluding diaryl/α,β-unsaturated/α-hetero) is 1. The van der Waals surface area contributed by atoms with E-state index in [9.17, 15) is 24.8 Å². The van der Waals surface area contributed by atoms with Crippen molar-refractivity contribution in [3.8, 4) is 5.75 Å². The molecule has 180 valence electrons. The van der Waals surface area contributed by atoms with E-state index in [1.807, 2.05) is 6.92 Å². The lowest BCUT2D eigenvalue weighted by molar-refractivity contribution is -0.384. The van der Waals surface area contributed by atoms with Gasteiger partial charge in [-0.05, 0) is 48.4 Å². The van der Waals surface area contributed by atoms with Gasteiger partial charge in [0.25, 0.3) is 17.4 Å². The highest BCUT2D eigenvalue weighted by atomic mass is 16.6. The number of benzene rings is 2. The second-order valence-corrected chi connectivity index (χ2v) is 8.08. The van der Waals surface area contributed by atoms with Crippen molar-refractivity contribution in [2.24, 2.45) is 0 Å². The molecule has 1 saturated heterocycles. The first kappa shape index (κ1) is 23.7. The third-order valence-corrected chi connectivity index (χ3v) is 5.74. The van der Waals surface area contributed by atoms with Crippen LogP contribution in [0.2, 0.25) is 0 Å². The third kappa shape index (κ3) is 4.93. The quantitative estimate of drug-likeness (QED) is 0.115. The van der Waals surface area contributed by atoms with E-state index in [2.05, 4.69) is 0 Å². The van der Waals surface area contributed by atoms with Crippen LogP contribution < -0.4 is 4.74 Å². The van der Waals surface area contributed by atoms with Crippen LogP contribution in [-0.4, -0.2) is 33.2 Å². The summed E-state index contributed by atoms with van der Waals surface area (Å²) in [5.74, 6) is -1.03. The molecule has 0 bridgehead atoms. The average Bonchev–Trinajstić information content (AvgIpc) is 3.46. The molecule has 1 aliphatic heterocycles. The number of ether oxygens (including phenoxy) is 1. The minimum atomic E-state index is -0.967. The predicted molar refractivity (Wildman–Crippen MR) is 126 cm³/mol. The monoisotopic (exact) mass is 476 g/mol. The first-order valence-corrected chi connectivity index (χ1v) is 11.2. The fourth-order valence-electron chi connectivity index (χ4n) is 3.96. The maximum atomic E-state index is 13.1. The minimum Gasteiger partial charge on any atom is -0.507 e. The summed E-state index contributed by atoms with van der Waals surface area (Å²) in [6, 6.07) is 14.6. The first-order valence-electron chi connectivity index (χ1n) is 11.2. The number of hydrogen-bond donors (Lipinski definition) is 1. The van der Waals surface area contributed by atoms with Crippen LogP contribution >= 0.6 is 0 Å². The van der Waals surface area contributed by atoms with Gasteiger partial charge in [-0.1, -0.05) is 25.5 Å². The fourth-order valence-corrected chi connectivity index (χ4v) is 3.96. The molecule has 1 fully saturated rings. The summed E-state index contributed by atoms with van der Waals surface area (Å²) in [6.45, 7) is 2.54. The Labute approximate surface area is 201 Å². The van der Waals surface area contributed by atoms with E-state index in [1.165, 1.54) is 35.4 Å². The number of nitro groups is 1.